The number of halogens is 1. The molecular formula is C14H17BrN4O. The monoisotopic (exact) mass is 336 g/mol. The lowest BCUT2D eigenvalue weighted by Crippen LogP contribution is -2.44. The van der Waals surface area contributed by atoms with E-state index in [0.29, 0.717) is 5.89 Å². The predicted molar refractivity (Wildman–Crippen MR) is 80.3 cm³/mol. The van der Waals surface area contributed by atoms with E-state index < -0.39 is 0 Å². The Morgan fingerprint density at radius 3 is 2.80 bits per heavy atom. The van der Waals surface area contributed by atoms with Crippen molar-refractivity contribution in [2.45, 2.75) is 13.0 Å². The van der Waals surface area contributed by atoms with E-state index >= 15 is 0 Å². The summed E-state index contributed by atoms with van der Waals surface area (Å²) in [6, 6.07) is 8.05. The summed E-state index contributed by atoms with van der Waals surface area (Å²) in [5.41, 5.74) is 0.929. The Labute approximate surface area is 126 Å². The average molecular weight is 337 g/mol. The molecule has 0 aliphatic carbocycles. The first-order valence-corrected chi connectivity index (χ1v) is 7.58. The highest BCUT2D eigenvalue weighted by molar-refractivity contribution is 9.10. The Balaban J connectivity index is 1.81. The fourth-order valence-corrected chi connectivity index (χ4v) is 2.84. The second kappa shape index (κ2) is 6.03. The number of benzene rings is 1. The van der Waals surface area contributed by atoms with Crippen LogP contribution in [0, 0.1) is 0 Å². The third kappa shape index (κ3) is 2.77. The molecule has 106 valence electrons. The van der Waals surface area contributed by atoms with Gasteiger partial charge in [0.15, 0.2) is 5.82 Å². The van der Waals surface area contributed by atoms with E-state index in [-0.39, 0.29) is 6.04 Å². The van der Waals surface area contributed by atoms with Crippen molar-refractivity contribution in [3.63, 3.8) is 0 Å². The molecule has 1 saturated heterocycles. The number of rotatable bonds is 3. The number of hydrogen-bond donors (Lipinski definition) is 1. The molecule has 2 heterocycles. The molecule has 0 amide bonds. The van der Waals surface area contributed by atoms with Crippen LogP contribution in [0.25, 0.3) is 11.5 Å². The molecule has 1 aromatic heterocycles. The molecule has 1 aromatic carbocycles. The highest BCUT2D eigenvalue weighted by Gasteiger charge is 2.23. The van der Waals surface area contributed by atoms with Crippen LogP contribution < -0.4 is 5.32 Å². The van der Waals surface area contributed by atoms with Crippen molar-refractivity contribution in [2.24, 2.45) is 0 Å². The smallest absolute Gasteiger partial charge is 0.259 e. The van der Waals surface area contributed by atoms with Gasteiger partial charge >= 0.3 is 0 Å². The van der Waals surface area contributed by atoms with Crippen molar-refractivity contribution in [3.8, 4) is 11.5 Å². The molecule has 0 spiro atoms. The molecule has 1 aliphatic rings. The molecule has 0 bridgehead atoms. The first-order chi connectivity index (χ1) is 9.75. The number of hydrogen-bond acceptors (Lipinski definition) is 5. The number of piperazine rings is 1. The molecule has 0 saturated carbocycles. The maximum absolute atomic E-state index is 5.41. The summed E-state index contributed by atoms with van der Waals surface area (Å²) in [4.78, 5) is 6.91. The Hall–Kier alpha value is -1.24. The SMILES string of the molecule is CC(c1noc(-c2ccccc2Br)n1)N1CCNCC1. The van der Waals surface area contributed by atoms with Gasteiger partial charge in [-0.25, -0.2) is 0 Å². The van der Waals surface area contributed by atoms with Gasteiger partial charge in [0.1, 0.15) is 0 Å². The lowest BCUT2D eigenvalue weighted by Gasteiger charge is -2.30. The summed E-state index contributed by atoms with van der Waals surface area (Å²) in [5.74, 6) is 1.31. The topological polar surface area (TPSA) is 54.2 Å². The normalized spacial score (nSPS) is 18.1. The van der Waals surface area contributed by atoms with E-state index in [9.17, 15) is 0 Å². The van der Waals surface area contributed by atoms with Crippen LogP contribution in [0.1, 0.15) is 18.8 Å². The van der Waals surface area contributed by atoms with Gasteiger partial charge in [0.2, 0.25) is 0 Å². The van der Waals surface area contributed by atoms with Crippen LogP contribution >= 0.6 is 15.9 Å². The molecule has 6 heteroatoms. The summed E-state index contributed by atoms with van der Waals surface area (Å²) in [7, 11) is 0. The van der Waals surface area contributed by atoms with E-state index in [0.717, 1.165) is 42.0 Å². The number of aromatic nitrogens is 2. The lowest BCUT2D eigenvalue weighted by atomic mass is 10.2. The first kappa shape index (κ1) is 13.7. The van der Waals surface area contributed by atoms with Gasteiger partial charge in [-0.05, 0) is 35.0 Å². The van der Waals surface area contributed by atoms with Crippen molar-refractivity contribution in [1.82, 2.24) is 20.4 Å². The fourth-order valence-electron chi connectivity index (χ4n) is 2.38. The minimum atomic E-state index is 0.178. The van der Waals surface area contributed by atoms with Crippen LogP contribution in [-0.2, 0) is 0 Å². The van der Waals surface area contributed by atoms with Gasteiger partial charge in [0, 0.05) is 30.7 Å². The number of nitrogens with zero attached hydrogens (tertiary/aromatic N) is 3. The molecule has 3 rings (SSSR count). The zero-order valence-corrected chi connectivity index (χ0v) is 12.9. The van der Waals surface area contributed by atoms with Gasteiger partial charge in [0.25, 0.3) is 5.89 Å². The molecule has 1 unspecified atom stereocenters. The predicted octanol–water partition coefficient (Wildman–Crippen LogP) is 2.47. The Kier molecular flexibility index (Phi) is 4.14. The van der Waals surface area contributed by atoms with Gasteiger partial charge in [-0.2, -0.15) is 4.98 Å². The van der Waals surface area contributed by atoms with Crippen LogP contribution in [0.5, 0.6) is 0 Å². The summed E-state index contributed by atoms with van der Waals surface area (Å²) in [6.07, 6.45) is 0. The lowest BCUT2D eigenvalue weighted by molar-refractivity contribution is 0.176. The van der Waals surface area contributed by atoms with E-state index in [4.69, 9.17) is 4.52 Å². The molecule has 1 aliphatic heterocycles. The second-order valence-electron chi connectivity index (χ2n) is 4.90. The van der Waals surface area contributed by atoms with E-state index in [1.807, 2.05) is 24.3 Å². The maximum atomic E-state index is 5.41. The van der Waals surface area contributed by atoms with Gasteiger partial charge < -0.3 is 9.84 Å². The van der Waals surface area contributed by atoms with Gasteiger partial charge in [-0.3, -0.25) is 4.90 Å². The average Bonchev–Trinajstić information content (AvgIpc) is 2.97. The summed E-state index contributed by atoms with van der Waals surface area (Å²) >= 11 is 3.51. The number of nitrogens with one attached hydrogen (secondary N) is 1. The van der Waals surface area contributed by atoms with Crippen LogP contribution in [0.3, 0.4) is 0 Å². The minimum Gasteiger partial charge on any atom is -0.334 e. The molecule has 1 atom stereocenters. The second-order valence-corrected chi connectivity index (χ2v) is 5.75. The van der Waals surface area contributed by atoms with Crippen molar-refractivity contribution >= 4 is 15.9 Å². The quantitative estimate of drug-likeness (QED) is 0.933. The Morgan fingerprint density at radius 2 is 2.05 bits per heavy atom. The van der Waals surface area contributed by atoms with Gasteiger partial charge in [-0.1, -0.05) is 17.3 Å². The van der Waals surface area contributed by atoms with Crippen LogP contribution in [-0.4, -0.2) is 41.2 Å². The maximum Gasteiger partial charge on any atom is 0.259 e. The standard InChI is InChI=1S/C14H17BrN4O/c1-10(19-8-6-16-7-9-19)13-17-14(20-18-13)11-4-2-3-5-12(11)15/h2-5,10,16H,6-9H2,1H3. The molecule has 1 N–H and O–H groups in total. The van der Waals surface area contributed by atoms with E-state index in [1.54, 1.807) is 0 Å². The minimum absolute atomic E-state index is 0.178. The third-order valence-corrected chi connectivity index (χ3v) is 4.31. The third-order valence-electron chi connectivity index (χ3n) is 3.62. The highest BCUT2D eigenvalue weighted by atomic mass is 79.9. The van der Waals surface area contributed by atoms with Crippen LogP contribution in [0.4, 0.5) is 0 Å². The Morgan fingerprint density at radius 1 is 1.30 bits per heavy atom. The molecule has 5 nitrogen and oxygen atoms in total. The van der Waals surface area contributed by atoms with Gasteiger partial charge in [0.05, 0.1) is 11.6 Å². The summed E-state index contributed by atoms with van der Waals surface area (Å²) in [5, 5.41) is 7.49. The zero-order chi connectivity index (χ0) is 13.9. The van der Waals surface area contributed by atoms with Crippen LogP contribution in [0.2, 0.25) is 0 Å². The highest BCUT2D eigenvalue weighted by Crippen LogP contribution is 2.28. The first-order valence-electron chi connectivity index (χ1n) is 6.79. The van der Waals surface area contributed by atoms with Crippen molar-refractivity contribution in [1.29, 1.82) is 0 Å². The molecule has 20 heavy (non-hydrogen) atoms. The largest absolute Gasteiger partial charge is 0.334 e. The van der Waals surface area contributed by atoms with E-state index in [1.165, 1.54) is 0 Å². The van der Waals surface area contributed by atoms with Crippen molar-refractivity contribution in [3.05, 3.63) is 34.6 Å². The van der Waals surface area contributed by atoms with E-state index in [2.05, 4.69) is 43.2 Å². The summed E-state index contributed by atoms with van der Waals surface area (Å²) in [6.45, 7) is 6.18. The van der Waals surface area contributed by atoms with Gasteiger partial charge in [-0.15, -0.1) is 0 Å². The Bertz CT molecular complexity index is 580. The van der Waals surface area contributed by atoms with Crippen molar-refractivity contribution < 1.29 is 4.52 Å². The summed E-state index contributed by atoms with van der Waals surface area (Å²) < 4.78 is 6.37. The van der Waals surface area contributed by atoms with Crippen molar-refractivity contribution in [2.75, 3.05) is 26.2 Å². The molecule has 1 fully saturated rings. The molecule has 2 aromatic rings. The molecule has 0 radical (unpaired) electrons. The van der Waals surface area contributed by atoms with Crippen LogP contribution in [0.15, 0.2) is 33.3 Å². The molecular weight excluding hydrogens is 320 g/mol. The fraction of sp³-hybridized carbons (Fsp3) is 0.429. The zero-order valence-electron chi connectivity index (χ0n) is 11.3.